The number of amides is 2. The van der Waals surface area contributed by atoms with E-state index in [1.807, 2.05) is 0 Å². The summed E-state index contributed by atoms with van der Waals surface area (Å²) in [4.78, 5) is 25.7. The summed E-state index contributed by atoms with van der Waals surface area (Å²) in [5.41, 5.74) is 0.157. The predicted molar refractivity (Wildman–Crippen MR) is 102 cm³/mol. The molecule has 1 saturated heterocycles. The first kappa shape index (κ1) is 19.9. The second-order valence-electron chi connectivity index (χ2n) is 7.21. The van der Waals surface area contributed by atoms with Gasteiger partial charge in [-0.1, -0.05) is 12.1 Å². The van der Waals surface area contributed by atoms with Crippen molar-refractivity contribution in [3.63, 3.8) is 0 Å². The van der Waals surface area contributed by atoms with Crippen LogP contribution in [0, 0.1) is 0 Å². The van der Waals surface area contributed by atoms with Gasteiger partial charge < -0.3 is 14.5 Å². The number of sulfonamides is 1. The lowest BCUT2D eigenvalue weighted by atomic mass is 10.1. The van der Waals surface area contributed by atoms with Crippen molar-refractivity contribution in [1.29, 1.82) is 0 Å². The average molecular weight is 407 g/mol. The standard InChI is InChI=1S/C18H21N3O6S/c1-18(2,3)20-28(24,25)15-9-8-14(27-15)16(22)19-12-6-4-5-7-13(12)21-10-11-26-17(21)23/h4-9,20H,10-11H2,1-3H3,(H,19,22). The first-order chi connectivity index (χ1) is 13.1. The Balaban J connectivity index is 1.80. The van der Waals surface area contributed by atoms with Crippen LogP contribution >= 0.6 is 0 Å². The first-order valence-corrected chi connectivity index (χ1v) is 10.0. The van der Waals surface area contributed by atoms with Gasteiger partial charge in [0.2, 0.25) is 5.09 Å². The molecule has 2 N–H and O–H groups in total. The second kappa shape index (κ2) is 7.28. The number of carbonyl (C=O) groups excluding carboxylic acids is 2. The highest BCUT2D eigenvalue weighted by molar-refractivity contribution is 7.89. The van der Waals surface area contributed by atoms with Gasteiger partial charge >= 0.3 is 6.09 Å². The maximum absolute atomic E-state index is 12.5. The maximum Gasteiger partial charge on any atom is 0.414 e. The fraction of sp³-hybridized carbons (Fsp3) is 0.333. The van der Waals surface area contributed by atoms with Gasteiger partial charge in [-0.3, -0.25) is 9.69 Å². The molecule has 1 aromatic carbocycles. The SMILES string of the molecule is CC(C)(C)NS(=O)(=O)c1ccc(C(=O)Nc2ccccc2N2CCOC2=O)o1. The van der Waals surface area contributed by atoms with E-state index in [1.165, 1.54) is 17.0 Å². The minimum atomic E-state index is -3.90. The third kappa shape index (κ3) is 4.34. The molecule has 2 heterocycles. The van der Waals surface area contributed by atoms with Gasteiger partial charge in [-0.15, -0.1) is 0 Å². The van der Waals surface area contributed by atoms with Crippen LogP contribution in [-0.4, -0.2) is 39.1 Å². The molecule has 0 spiro atoms. The number of hydrogen-bond donors (Lipinski definition) is 2. The minimum absolute atomic E-state index is 0.173. The van der Waals surface area contributed by atoms with Gasteiger partial charge in [0.25, 0.3) is 15.9 Å². The van der Waals surface area contributed by atoms with Crippen LogP contribution in [0.4, 0.5) is 16.2 Å². The maximum atomic E-state index is 12.5. The first-order valence-electron chi connectivity index (χ1n) is 8.55. The van der Waals surface area contributed by atoms with Gasteiger partial charge in [-0.25, -0.2) is 17.9 Å². The largest absolute Gasteiger partial charge is 0.447 e. The van der Waals surface area contributed by atoms with Crippen LogP contribution in [0.3, 0.4) is 0 Å². The molecule has 9 nitrogen and oxygen atoms in total. The number of para-hydroxylation sites is 2. The Morgan fingerprint density at radius 2 is 1.86 bits per heavy atom. The van der Waals surface area contributed by atoms with Gasteiger partial charge in [0, 0.05) is 5.54 Å². The molecule has 2 aromatic rings. The molecular formula is C18H21N3O6S. The number of furan rings is 1. The van der Waals surface area contributed by atoms with Crippen LogP contribution in [0.15, 0.2) is 45.9 Å². The van der Waals surface area contributed by atoms with Gasteiger partial charge in [-0.05, 0) is 45.0 Å². The number of benzene rings is 1. The number of hydrogen-bond acceptors (Lipinski definition) is 6. The highest BCUT2D eigenvalue weighted by atomic mass is 32.2. The van der Waals surface area contributed by atoms with Gasteiger partial charge in [0.05, 0.1) is 17.9 Å². The highest BCUT2D eigenvalue weighted by Crippen LogP contribution is 2.28. The van der Waals surface area contributed by atoms with Gasteiger partial charge in [-0.2, -0.15) is 0 Å². The summed E-state index contributed by atoms with van der Waals surface area (Å²) in [6.07, 6.45) is -0.499. The highest BCUT2D eigenvalue weighted by Gasteiger charge is 2.28. The Bertz CT molecular complexity index is 1010. The van der Waals surface area contributed by atoms with E-state index in [9.17, 15) is 18.0 Å². The zero-order valence-electron chi connectivity index (χ0n) is 15.7. The fourth-order valence-corrected chi connectivity index (χ4v) is 4.00. The molecule has 3 rings (SSSR count). The lowest BCUT2D eigenvalue weighted by Gasteiger charge is -2.19. The summed E-state index contributed by atoms with van der Waals surface area (Å²) in [6, 6.07) is 9.22. The molecule has 10 heteroatoms. The van der Waals surface area contributed by atoms with Crippen molar-refractivity contribution < 1.29 is 27.2 Å². The van der Waals surface area contributed by atoms with E-state index in [-0.39, 0.29) is 17.5 Å². The number of cyclic esters (lactones) is 1. The van der Waals surface area contributed by atoms with Crippen LogP contribution in [0.2, 0.25) is 0 Å². The van der Waals surface area contributed by atoms with E-state index >= 15 is 0 Å². The quantitative estimate of drug-likeness (QED) is 0.786. The van der Waals surface area contributed by atoms with E-state index in [1.54, 1.807) is 45.0 Å². The Morgan fingerprint density at radius 3 is 2.50 bits per heavy atom. The summed E-state index contributed by atoms with van der Waals surface area (Å²) in [5, 5.41) is 2.28. The Labute approximate surface area is 162 Å². The van der Waals surface area contributed by atoms with E-state index < -0.39 is 27.6 Å². The molecule has 1 fully saturated rings. The summed E-state index contributed by atoms with van der Waals surface area (Å²) < 4.78 is 37.3. The summed E-state index contributed by atoms with van der Waals surface area (Å²) in [5.74, 6) is -0.815. The van der Waals surface area contributed by atoms with E-state index in [0.29, 0.717) is 17.9 Å². The van der Waals surface area contributed by atoms with Gasteiger partial charge in [0.15, 0.2) is 5.76 Å². The van der Waals surface area contributed by atoms with E-state index in [0.717, 1.165) is 0 Å². The molecule has 2 amide bonds. The van der Waals surface area contributed by atoms with Crippen molar-refractivity contribution in [3.05, 3.63) is 42.2 Å². The molecule has 0 radical (unpaired) electrons. The van der Waals surface area contributed by atoms with E-state index in [2.05, 4.69) is 10.0 Å². The topological polar surface area (TPSA) is 118 Å². The van der Waals surface area contributed by atoms with Crippen LogP contribution in [0.1, 0.15) is 31.3 Å². The Kier molecular flexibility index (Phi) is 5.18. The summed E-state index contributed by atoms with van der Waals surface area (Å²) >= 11 is 0. The summed E-state index contributed by atoms with van der Waals surface area (Å²) in [7, 11) is -3.90. The lowest BCUT2D eigenvalue weighted by Crippen LogP contribution is -2.40. The third-order valence-corrected chi connectivity index (χ3v) is 5.34. The molecule has 0 unspecified atom stereocenters. The zero-order valence-corrected chi connectivity index (χ0v) is 16.5. The number of anilines is 2. The number of nitrogens with one attached hydrogen (secondary N) is 2. The van der Waals surface area contributed by atoms with Crippen LogP contribution < -0.4 is 14.9 Å². The summed E-state index contributed by atoms with van der Waals surface area (Å²) in [6.45, 7) is 5.72. The van der Waals surface area contributed by atoms with Crippen molar-refractivity contribution in [1.82, 2.24) is 4.72 Å². The van der Waals surface area contributed by atoms with Crippen molar-refractivity contribution >= 4 is 33.4 Å². The fourth-order valence-electron chi connectivity index (χ4n) is 2.65. The Hall–Kier alpha value is -2.85. The average Bonchev–Trinajstić information content (AvgIpc) is 3.23. The van der Waals surface area contributed by atoms with Crippen molar-refractivity contribution in [2.24, 2.45) is 0 Å². The molecule has 0 aliphatic carbocycles. The zero-order chi connectivity index (χ0) is 20.5. The number of rotatable bonds is 5. The smallest absolute Gasteiger partial charge is 0.414 e. The molecule has 1 aliphatic heterocycles. The van der Waals surface area contributed by atoms with Gasteiger partial charge in [0.1, 0.15) is 6.61 Å². The molecule has 1 aromatic heterocycles. The lowest BCUT2D eigenvalue weighted by molar-refractivity contribution is 0.0991. The monoisotopic (exact) mass is 407 g/mol. The van der Waals surface area contributed by atoms with Crippen LogP contribution in [-0.2, 0) is 14.8 Å². The molecule has 0 saturated carbocycles. The minimum Gasteiger partial charge on any atom is -0.447 e. The molecule has 0 atom stereocenters. The van der Waals surface area contributed by atoms with E-state index in [4.69, 9.17) is 9.15 Å². The number of ether oxygens (including phenoxy) is 1. The normalized spacial score (nSPS) is 14.8. The third-order valence-electron chi connectivity index (χ3n) is 3.71. The molecular weight excluding hydrogens is 386 g/mol. The Morgan fingerprint density at radius 1 is 1.14 bits per heavy atom. The van der Waals surface area contributed by atoms with Crippen LogP contribution in [0.25, 0.3) is 0 Å². The molecule has 0 bridgehead atoms. The number of carbonyl (C=O) groups is 2. The van der Waals surface area contributed by atoms with Crippen molar-refractivity contribution in [3.8, 4) is 0 Å². The molecule has 1 aliphatic rings. The van der Waals surface area contributed by atoms with Crippen molar-refractivity contribution in [2.45, 2.75) is 31.4 Å². The second-order valence-corrected chi connectivity index (χ2v) is 8.82. The predicted octanol–water partition coefficient (Wildman–Crippen LogP) is 2.57. The molecule has 28 heavy (non-hydrogen) atoms. The molecule has 150 valence electrons. The number of nitrogens with zero attached hydrogens (tertiary/aromatic N) is 1. The van der Waals surface area contributed by atoms with Crippen LogP contribution in [0.5, 0.6) is 0 Å². The van der Waals surface area contributed by atoms with Crippen molar-refractivity contribution in [2.75, 3.05) is 23.4 Å².